The molecule has 2 aliphatic heterocycles. The van der Waals surface area contributed by atoms with E-state index in [0.717, 1.165) is 62.7 Å². The molecule has 0 aliphatic carbocycles. The van der Waals surface area contributed by atoms with Crippen molar-refractivity contribution in [3.63, 3.8) is 0 Å². The molecule has 2 fully saturated rings. The molecule has 0 bridgehead atoms. The number of phenols is 1. The summed E-state index contributed by atoms with van der Waals surface area (Å²) in [5, 5.41) is 12.8. The third-order valence-corrected chi connectivity index (χ3v) is 5.92. The molecule has 2 aromatic rings. The normalized spacial score (nSPS) is 19.3. The maximum absolute atomic E-state index is 9.33. The van der Waals surface area contributed by atoms with Gasteiger partial charge in [-0.1, -0.05) is 0 Å². The van der Waals surface area contributed by atoms with Crippen molar-refractivity contribution in [2.45, 2.75) is 38.1 Å². The van der Waals surface area contributed by atoms with Crippen LogP contribution in [0.4, 0.5) is 5.69 Å². The topological polar surface area (TPSA) is 66.9 Å². The Hall–Kier alpha value is -2.18. The van der Waals surface area contributed by atoms with E-state index in [2.05, 4.69) is 21.3 Å². The van der Waals surface area contributed by atoms with Crippen LogP contribution in [0.5, 0.6) is 17.2 Å². The van der Waals surface area contributed by atoms with Gasteiger partial charge in [-0.15, -0.1) is 12.4 Å². The molecule has 0 amide bonds. The molecule has 0 unspecified atom stereocenters. The van der Waals surface area contributed by atoms with Gasteiger partial charge in [0.25, 0.3) is 0 Å². The zero-order valence-corrected chi connectivity index (χ0v) is 18.2. The van der Waals surface area contributed by atoms with E-state index >= 15 is 0 Å². The number of phenolic OH excluding ortho intramolecular Hbond substituents is 1. The lowest BCUT2D eigenvalue weighted by atomic mass is 9.94. The average molecular weight is 434 g/mol. The van der Waals surface area contributed by atoms with E-state index in [0.29, 0.717) is 18.6 Å². The van der Waals surface area contributed by atoms with Crippen LogP contribution in [0.2, 0.25) is 0 Å². The molecule has 2 N–H and O–H groups in total. The molecule has 6 nitrogen and oxygen atoms in total. The maximum atomic E-state index is 9.33. The van der Waals surface area contributed by atoms with Gasteiger partial charge in [0.05, 0.1) is 24.7 Å². The van der Waals surface area contributed by atoms with Crippen LogP contribution in [0, 0.1) is 5.92 Å². The molecule has 30 heavy (non-hydrogen) atoms. The van der Waals surface area contributed by atoms with Crippen LogP contribution in [-0.4, -0.2) is 49.0 Å². The number of piperidine rings is 1. The van der Waals surface area contributed by atoms with Gasteiger partial charge >= 0.3 is 0 Å². The number of rotatable bonds is 8. The highest BCUT2D eigenvalue weighted by Gasteiger charge is 2.20. The minimum Gasteiger partial charge on any atom is -0.508 e. The molecule has 2 aliphatic rings. The summed E-state index contributed by atoms with van der Waals surface area (Å²) < 4.78 is 11.8. The summed E-state index contributed by atoms with van der Waals surface area (Å²) in [6, 6.07) is 9.52. The number of hydrogen-bond donors (Lipinski definition) is 2. The number of nitrogens with zero attached hydrogens (tertiary/aromatic N) is 2. The van der Waals surface area contributed by atoms with Crippen molar-refractivity contribution in [1.29, 1.82) is 0 Å². The molecule has 1 aromatic carbocycles. The van der Waals surface area contributed by atoms with Gasteiger partial charge in [-0.05, 0) is 68.8 Å². The Balaban J connectivity index is 0.00000256. The minimum atomic E-state index is 0. The summed E-state index contributed by atoms with van der Waals surface area (Å²) in [7, 11) is 0. The highest BCUT2D eigenvalue weighted by molar-refractivity contribution is 5.85. The van der Waals surface area contributed by atoms with Crippen molar-refractivity contribution in [2.75, 3.05) is 37.7 Å². The molecule has 0 spiro atoms. The zero-order valence-electron chi connectivity index (χ0n) is 17.3. The third kappa shape index (κ3) is 6.41. The van der Waals surface area contributed by atoms with Gasteiger partial charge in [-0.25, -0.2) is 0 Å². The summed E-state index contributed by atoms with van der Waals surface area (Å²) in [5.41, 5.74) is 1.15. The quantitative estimate of drug-likeness (QED) is 0.655. The van der Waals surface area contributed by atoms with Crippen molar-refractivity contribution >= 4 is 18.1 Å². The first-order valence-corrected chi connectivity index (χ1v) is 10.7. The van der Waals surface area contributed by atoms with Gasteiger partial charge in [0.1, 0.15) is 23.9 Å². The predicted octanol–water partition coefficient (Wildman–Crippen LogP) is 4.03. The summed E-state index contributed by atoms with van der Waals surface area (Å²) in [5.74, 6) is 2.63. The molecular weight excluding hydrogens is 402 g/mol. The number of hydrogen-bond acceptors (Lipinski definition) is 6. The molecular formula is C23H32ClN3O3. The van der Waals surface area contributed by atoms with E-state index in [1.807, 2.05) is 24.5 Å². The van der Waals surface area contributed by atoms with E-state index < -0.39 is 0 Å². The Morgan fingerprint density at radius 3 is 2.57 bits per heavy atom. The summed E-state index contributed by atoms with van der Waals surface area (Å²) in [6.45, 7) is 4.61. The van der Waals surface area contributed by atoms with Crippen LogP contribution >= 0.6 is 12.4 Å². The fourth-order valence-corrected chi connectivity index (χ4v) is 4.12. The van der Waals surface area contributed by atoms with Crippen LogP contribution in [0.25, 0.3) is 0 Å². The van der Waals surface area contributed by atoms with Gasteiger partial charge in [0, 0.05) is 25.2 Å². The SMILES string of the molecule is Cl.Oc1ccc(OCCC2CCN(c3cncc(OC[C@@H]4CCCN4)c3)CC2)cc1. The van der Waals surface area contributed by atoms with Crippen molar-refractivity contribution in [3.05, 3.63) is 42.7 Å². The molecule has 7 heteroatoms. The molecule has 2 saturated heterocycles. The largest absolute Gasteiger partial charge is 0.508 e. The Kier molecular flexibility index (Phi) is 8.46. The second-order valence-corrected chi connectivity index (χ2v) is 8.04. The number of nitrogens with one attached hydrogen (secondary N) is 1. The predicted molar refractivity (Wildman–Crippen MR) is 121 cm³/mol. The van der Waals surface area contributed by atoms with E-state index in [-0.39, 0.29) is 18.2 Å². The molecule has 0 radical (unpaired) electrons. The van der Waals surface area contributed by atoms with Gasteiger partial charge in [0.15, 0.2) is 0 Å². The Morgan fingerprint density at radius 2 is 1.83 bits per heavy atom. The Labute approximate surface area is 185 Å². The molecule has 4 rings (SSSR count). The lowest BCUT2D eigenvalue weighted by Gasteiger charge is -2.33. The maximum Gasteiger partial charge on any atom is 0.139 e. The number of ether oxygens (including phenoxy) is 2. The Morgan fingerprint density at radius 1 is 1.03 bits per heavy atom. The molecule has 164 valence electrons. The summed E-state index contributed by atoms with van der Waals surface area (Å²) in [6.07, 6.45) is 9.57. The standard InChI is InChI=1S/C23H31N3O3.ClH/c27-21-3-5-22(6-4-21)28-13-9-18-7-11-26(12-8-18)20-14-23(16-24-15-20)29-17-19-2-1-10-25-19;/h3-6,14-16,18-19,25,27H,1-2,7-13,17H2;1H/t19-;/m0./s1. The number of halogens is 1. The Bertz CT molecular complexity index is 761. The van der Waals surface area contributed by atoms with Crippen LogP contribution in [0.1, 0.15) is 32.1 Å². The first-order valence-electron chi connectivity index (χ1n) is 10.7. The zero-order chi connectivity index (χ0) is 19.9. The minimum absolute atomic E-state index is 0. The van der Waals surface area contributed by atoms with Gasteiger partial charge < -0.3 is 24.8 Å². The molecule has 1 atom stereocenters. The van der Waals surface area contributed by atoms with Crippen molar-refractivity contribution in [1.82, 2.24) is 10.3 Å². The number of benzene rings is 1. The van der Waals surface area contributed by atoms with E-state index in [9.17, 15) is 5.11 Å². The second kappa shape index (κ2) is 11.3. The van der Waals surface area contributed by atoms with E-state index in [1.165, 1.54) is 12.8 Å². The first kappa shape index (κ1) is 22.5. The van der Waals surface area contributed by atoms with Crippen molar-refractivity contribution in [2.24, 2.45) is 5.92 Å². The number of anilines is 1. The molecule has 3 heterocycles. The average Bonchev–Trinajstić information content (AvgIpc) is 3.28. The van der Waals surface area contributed by atoms with Crippen LogP contribution in [-0.2, 0) is 0 Å². The first-order chi connectivity index (χ1) is 14.3. The highest BCUT2D eigenvalue weighted by atomic mass is 35.5. The molecule has 0 saturated carbocycles. The monoisotopic (exact) mass is 433 g/mol. The van der Waals surface area contributed by atoms with Gasteiger partial charge in [-0.2, -0.15) is 0 Å². The van der Waals surface area contributed by atoms with Crippen molar-refractivity contribution in [3.8, 4) is 17.2 Å². The summed E-state index contributed by atoms with van der Waals surface area (Å²) >= 11 is 0. The lowest BCUT2D eigenvalue weighted by molar-refractivity contribution is 0.258. The number of pyridine rings is 1. The van der Waals surface area contributed by atoms with E-state index in [4.69, 9.17) is 9.47 Å². The number of aromatic hydroxyl groups is 1. The van der Waals surface area contributed by atoms with E-state index in [1.54, 1.807) is 12.1 Å². The lowest BCUT2D eigenvalue weighted by Crippen LogP contribution is -2.34. The second-order valence-electron chi connectivity index (χ2n) is 8.04. The van der Waals surface area contributed by atoms with Gasteiger partial charge in [0.2, 0.25) is 0 Å². The van der Waals surface area contributed by atoms with Gasteiger partial charge in [-0.3, -0.25) is 4.98 Å². The molecule has 1 aromatic heterocycles. The van der Waals surface area contributed by atoms with Crippen LogP contribution in [0.3, 0.4) is 0 Å². The van der Waals surface area contributed by atoms with Crippen molar-refractivity contribution < 1.29 is 14.6 Å². The van der Waals surface area contributed by atoms with Crippen LogP contribution < -0.4 is 19.7 Å². The smallest absolute Gasteiger partial charge is 0.139 e. The summed E-state index contributed by atoms with van der Waals surface area (Å²) in [4.78, 5) is 6.80. The number of aromatic nitrogens is 1. The highest BCUT2D eigenvalue weighted by Crippen LogP contribution is 2.27. The van der Waals surface area contributed by atoms with Crippen LogP contribution in [0.15, 0.2) is 42.7 Å². The fourth-order valence-electron chi connectivity index (χ4n) is 4.12. The fraction of sp³-hybridized carbons (Fsp3) is 0.522. The third-order valence-electron chi connectivity index (χ3n) is 5.92.